The van der Waals surface area contributed by atoms with Gasteiger partial charge in [-0.2, -0.15) is 0 Å². The topological polar surface area (TPSA) is 50.4 Å². The van der Waals surface area contributed by atoms with Crippen molar-refractivity contribution in [3.05, 3.63) is 0 Å². The molecule has 0 saturated carbocycles. The van der Waals surface area contributed by atoms with E-state index >= 15 is 0 Å². The van der Waals surface area contributed by atoms with Crippen LogP contribution in [0.4, 0.5) is 4.79 Å². The molecule has 0 aliphatic carbocycles. The van der Waals surface area contributed by atoms with Crippen molar-refractivity contribution in [1.82, 2.24) is 10.6 Å². The number of hydrogen-bond acceptors (Lipinski definition) is 3. The van der Waals surface area contributed by atoms with Gasteiger partial charge in [0.1, 0.15) is 5.60 Å². The average Bonchev–Trinajstić information content (AvgIpc) is 2.13. The summed E-state index contributed by atoms with van der Waals surface area (Å²) >= 11 is 0. The molecule has 0 spiro atoms. The van der Waals surface area contributed by atoms with Crippen molar-refractivity contribution in [2.75, 3.05) is 13.1 Å². The number of nitrogens with one attached hydrogen (secondary N) is 2. The summed E-state index contributed by atoms with van der Waals surface area (Å²) in [6, 6.07) is 0.108. The molecule has 0 bridgehead atoms. The van der Waals surface area contributed by atoms with Gasteiger partial charge in [0.05, 0.1) is 0 Å². The van der Waals surface area contributed by atoms with Gasteiger partial charge in [0.25, 0.3) is 0 Å². The highest BCUT2D eigenvalue weighted by Crippen LogP contribution is 2.08. The molecule has 2 N–H and O–H groups in total. The van der Waals surface area contributed by atoms with Gasteiger partial charge in [0.15, 0.2) is 0 Å². The number of carbonyl (C=O) groups is 1. The van der Waals surface area contributed by atoms with Crippen LogP contribution in [0.15, 0.2) is 0 Å². The van der Waals surface area contributed by atoms with E-state index in [1.165, 1.54) is 0 Å². The summed E-state index contributed by atoms with van der Waals surface area (Å²) in [5.74, 6) is 0.381. The predicted octanol–water partition coefficient (Wildman–Crippen LogP) is 2.54. The highest BCUT2D eigenvalue weighted by Gasteiger charge is 2.20. The number of hydrogen-bond donors (Lipinski definition) is 2. The van der Waals surface area contributed by atoms with E-state index in [-0.39, 0.29) is 12.1 Å². The monoisotopic (exact) mass is 244 g/mol. The second-order valence-electron chi connectivity index (χ2n) is 5.70. The zero-order valence-corrected chi connectivity index (χ0v) is 12.1. The lowest BCUT2D eigenvalue weighted by atomic mass is 10.0. The number of alkyl carbamates (subject to hydrolysis) is 1. The van der Waals surface area contributed by atoms with Crippen LogP contribution in [0.1, 0.15) is 48.0 Å². The van der Waals surface area contributed by atoms with Crippen LogP contribution in [0.3, 0.4) is 0 Å². The highest BCUT2D eigenvalue weighted by molar-refractivity contribution is 5.68. The molecule has 0 rings (SSSR count). The van der Waals surface area contributed by atoms with Crippen LogP contribution in [-0.2, 0) is 4.74 Å². The van der Waals surface area contributed by atoms with Gasteiger partial charge in [0, 0.05) is 12.6 Å². The molecular weight excluding hydrogens is 216 g/mol. The van der Waals surface area contributed by atoms with Crippen molar-refractivity contribution in [2.45, 2.75) is 59.6 Å². The van der Waals surface area contributed by atoms with E-state index in [1.54, 1.807) is 0 Å². The lowest BCUT2D eigenvalue weighted by molar-refractivity contribution is 0.0490. The molecule has 4 nitrogen and oxygen atoms in total. The summed E-state index contributed by atoms with van der Waals surface area (Å²) < 4.78 is 5.25. The first kappa shape index (κ1) is 16.2. The predicted molar refractivity (Wildman–Crippen MR) is 71.2 cm³/mol. The maximum absolute atomic E-state index is 11.6. The Bertz CT molecular complexity index is 222. The summed E-state index contributed by atoms with van der Waals surface area (Å²) in [6.45, 7) is 13.7. The first-order chi connectivity index (χ1) is 7.76. The van der Waals surface area contributed by atoms with Gasteiger partial charge in [-0.15, -0.1) is 0 Å². The fourth-order valence-electron chi connectivity index (χ4n) is 1.35. The number of carbonyl (C=O) groups excluding carboxylic acids is 1. The minimum absolute atomic E-state index is 0.108. The van der Waals surface area contributed by atoms with Gasteiger partial charge in [-0.25, -0.2) is 4.79 Å². The van der Waals surface area contributed by atoms with Crippen molar-refractivity contribution < 1.29 is 9.53 Å². The lowest BCUT2D eigenvalue weighted by Crippen LogP contribution is -2.47. The van der Waals surface area contributed by atoms with E-state index in [0.29, 0.717) is 5.92 Å². The molecule has 0 heterocycles. The molecule has 0 radical (unpaired) electrons. The first-order valence-electron chi connectivity index (χ1n) is 6.46. The molecule has 0 aromatic rings. The van der Waals surface area contributed by atoms with Crippen LogP contribution >= 0.6 is 0 Å². The molecule has 0 saturated heterocycles. The zero-order valence-electron chi connectivity index (χ0n) is 12.1. The molecule has 1 atom stereocenters. The van der Waals surface area contributed by atoms with Gasteiger partial charge in [0.2, 0.25) is 0 Å². The van der Waals surface area contributed by atoms with Crippen LogP contribution < -0.4 is 10.6 Å². The van der Waals surface area contributed by atoms with Gasteiger partial charge in [-0.3, -0.25) is 0 Å². The molecule has 0 aliphatic rings. The Morgan fingerprint density at radius 1 is 1.29 bits per heavy atom. The largest absolute Gasteiger partial charge is 0.444 e. The minimum Gasteiger partial charge on any atom is -0.444 e. The Labute approximate surface area is 105 Å². The summed E-state index contributed by atoms with van der Waals surface area (Å²) in [4.78, 5) is 11.6. The van der Waals surface area contributed by atoms with E-state index < -0.39 is 5.60 Å². The molecular formula is C13H28N2O2. The second kappa shape index (κ2) is 7.54. The number of ether oxygens (including phenoxy) is 1. The van der Waals surface area contributed by atoms with Crippen molar-refractivity contribution in [3.8, 4) is 0 Å². The third-order valence-electron chi connectivity index (χ3n) is 2.30. The van der Waals surface area contributed by atoms with E-state index in [9.17, 15) is 4.79 Å². The zero-order chi connectivity index (χ0) is 13.5. The smallest absolute Gasteiger partial charge is 0.407 e. The maximum atomic E-state index is 11.6. The molecule has 102 valence electrons. The van der Waals surface area contributed by atoms with Crippen LogP contribution in [-0.4, -0.2) is 30.8 Å². The molecule has 1 unspecified atom stereocenters. The van der Waals surface area contributed by atoms with Crippen LogP contribution in [0.2, 0.25) is 0 Å². The SMILES string of the molecule is CCCNCC(NC(=O)OC(C)(C)C)C(C)C. The van der Waals surface area contributed by atoms with Crippen molar-refractivity contribution in [1.29, 1.82) is 0 Å². The molecule has 1 amide bonds. The van der Waals surface area contributed by atoms with Gasteiger partial charge in [-0.1, -0.05) is 20.8 Å². The number of amides is 1. The summed E-state index contributed by atoms with van der Waals surface area (Å²) in [6.07, 6.45) is 0.756. The lowest BCUT2D eigenvalue weighted by Gasteiger charge is -2.26. The third kappa shape index (κ3) is 8.98. The van der Waals surface area contributed by atoms with E-state index in [2.05, 4.69) is 31.4 Å². The summed E-state index contributed by atoms with van der Waals surface area (Å²) in [5, 5.41) is 6.22. The van der Waals surface area contributed by atoms with E-state index in [0.717, 1.165) is 19.5 Å². The second-order valence-corrected chi connectivity index (χ2v) is 5.70. The van der Waals surface area contributed by atoms with Crippen molar-refractivity contribution >= 4 is 6.09 Å². The Morgan fingerprint density at radius 2 is 1.88 bits per heavy atom. The highest BCUT2D eigenvalue weighted by atomic mass is 16.6. The Balaban J connectivity index is 4.11. The molecule has 0 aromatic carbocycles. The number of rotatable bonds is 6. The Hall–Kier alpha value is -0.770. The first-order valence-corrected chi connectivity index (χ1v) is 6.46. The van der Waals surface area contributed by atoms with Crippen LogP contribution in [0, 0.1) is 5.92 Å². The molecule has 17 heavy (non-hydrogen) atoms. The molecule has 0 aliphatic heterocycles. The third-order valence-corrected chi connectivity index (χ3v) is 2.30. The Kier molecular flexibility index (Phi) is 7.19. The maximum Gasteiger partial charge on any atom is 0.407 e. The normalized spacial score (nSPS) is 13.6. The molecule has 4 heteroatoms. The summed E-state index contributed by atoms with van der Waals surface area (Å²) in [7, 11) is 0. The summed E-state index contributed by atoms with van der Waals surface area (Å²) in [5.41, 5.74) is -0.442. The van der Waals surface area contributed by atoms with E-state index in [4.69, 9.17) is 4.74 Å². The fourth-order valence-corrected chi connectivity index (χ4v) is 1.35. The van der Waals surface area contributed by atoms with Gasteiger partial charge < -0.3 is 15.4 Å². The van der Waals surface area contributed by atoms with Crippen LogP contribution in [0.5, 0.6) is 0 Å². The average molecular weight is 244 g/mol. The van der Waals surface area contributed by atoms with Crippen molar-refractivity contribution in [3.63, 3.8) is 0 Å². The van der Waals surface area contributed by atoms with Crippen molar-refractivity contribution in [2.24, 2.45) is 5.92 Å². The van der Waals surface area contributed by atoms with E-state index in [1.807, 2.05) is 20.8 Å². The standard InChI is InChI=1S/C13H28N2O2/c1-7-8-14-9-11(10(2)3)15-12(16)17-13(4,5)6/h10-11,14H,7-9H2,1-6H3,(H,15,16). The van der Waals surface area contributed by atoms with Gasteiger partial charge >= 0.3 is 6.09 Å². The molecule has 0 aromatic heterocycles. The van der Waals surface area contributed by atoms with Gasteiger partial charge in [-0.05, 0) is 39.7 Å². The quantitative estimate of drug-likeness (QED) is 0.706. The Morgan fingerprint density at radius 3 is 2.29 bits per heavy atom. The van der Waals surface area contributed by atoms with Crippen LogP contribution in [0.25, 0.3) is 0 Å². The molecule has 0 fully saturated rings. The fraction of sp³-hybridized carbons (Fsp3) is 0.923. The minimum atomic E-state index is -0.442.